The molecule has 0 radical (unpaired) electrons. The Hall–Kier alpha value is -0.0800. The minimum absolute atomic E-state index is 0.550. The van der Waals surface area contributed by atoms with Gasteiger partial charge in [-0.3, -0.25) is 4.90 Å². The summed E-state index contributed by atoms with van der Waals surface area (Å²) in [5.41, 5.74) is 1.10. The summed E-state index contributed by atoms with van der Waals surface area (Å²) in [5, 5.41) is 0. The van der Waals surface area contributed by atoms with Crippen molar-refractivity contribution in [1.82, 2.24) is 9.80 Å². The van der Waals surface area contributed by atoms with Crippen molar-refractivity contribution in [2.75, 3.05) is 32.7 Å². The van der Waals surface area contributed by atoms with E-state index in [1.54, 1.807) is 0 Å². The summed E-state index contributed by atoms with van der Waals surface area (Å²) < 4.78 is 0. The van der Waals surface area contributed by atoms with Crippen LogP contribution in [0.2, 0.25) is 0 Å². The fraction of sp³-hybridized carbons (Fsp3) is 1.00. The molecule has 2 nitrogen and oxygen atoms in total. The average Bonchev–Trinajstić information content (AvgIpc) is 2.60. The quantitative estimate of drug-likeness (QED) is 0.743. The first kappa shape index (κ1) is 12.9. The normalized spacial score (nSPS) is 36.3. The van der Waals surface area contributed by atoms with E-state index < -0.39 is 0 Å². The van der Waals surface area contributed by atoms with Crippen molar-refractivity contribution in [1.29, 1.82) is 0 Å². The summed E-state index contributed by atoms with van der Waals surface area (Å²) in [6, 6.07) is 0.873. The summed E-state index contributed by atoms with van der Waals surface area (Å²) in [5.74, 6) is 0.901. The van der Waals surface area contributed by atoms with Gasteiger partial charge in [0, 0.05) is 19.1 Å². The zero-order valence-corrected chi connectivity index (χ0v) is 12.7. The van der Waals surface area contributed by atoms with Crippen LogP contribution >= 0.6 is 0 Å². The van der Waals surface area contributed by atoms with Gasteiger partial charge in [-0.05, 0) is 55.6 Å². The van der Waals surface area contributed by atoms with E-state index in [9.17, 15) is 0 Å². The highest BCUT2D eigenvalue weighted by Crippen LogP contribution is 2.68. The third kappa shape index (κ3) is 1.92. The molecule has 0 amide bonds. The number of nitrogens with zero attached hydrogens (tertiary/aromatic N) is 2. The third-order valence-electron chi connectivity index (χ3n) is 6.65. The molecule has 2 saturated heterocycles. The average molecular weight is 250 g/mol. The molecule has 0 aromatic heterocycles. The van der Waals surface area contributed by atoms with Gasteiger partial charge in [-0.2, -0.15) is 0 Å². The van der Waals surface area contributed by atoms with Crippen molar-refractivity contribution in [3.05, 3.63) is 0 Å². The maximum absolute atomic E-state index is 2.77. The molecule has 0 N–H and O–H groups in total. The lowest BCUT2D eigenvalue weighted by Gasteiger charge is -2.26. The molecule has 2 aliphatic heterocycles. The van der Waals surface area contributed by atoms with Crippen LogP contribution in [0.25, 0.3) is 0 Å². The van der Waals surface area contributed by atoms with Gasteiger partial charge in [-0.25, -0.2) is 0 Å². The van der Waals surface area contributed by atoms with Crippen LogP contribution in [0, 0.1) is 16.7 Å². The second kappa shape index (κ2) is 4.21. The van der Waals surface area contributed by atoms with Crippen LogP contribution in [0.3, 0.4) is 0 Å². The van der Waals surface area contributed by atoms with Gasteiger partial charge in [0.05, 0.1) is 0 Å². The van der Waals surface area contributed by atoms with Crippen LogP contribution in [0.4, 0.5) is 0 Å². The van der Waals surface area contributed by atoms with Gasteiger partial charge in [-0.15, -0.1) is 0 Å². The molecule has 3 fully saturated rings. The van der Waals surface area contributed by atoms with Crippen LogP contribution in [0.15, 0.2) is 0 Å². The van der Waals surface area contributed by atoms with Gasteiger partial charge in [0.25, 0.3) is 0 Å². The molecule has 104 valence electrons. The van der Waals surface area contributed by atoms with Crippen LogP contribution in [-0.4, -0.2) is 48.6 Å². The van der Waals surface area contributed by atoms with Crippen molar-refractivity contribution in [2.45, 2.75) is 53.0 Å². The molecule has 1 aliphatic carbocycles. The smallest absolute Gasteiger partial charge is 0.0223 e. The Morgan fingerprint density at radius 1 is 0.944 bits per heavy atom. The molecule has 2 heteroatoms. The van der Waals surface area contributed by atoms with E-state index in [1.165, 1.54) is 52.0 Å². The molecule has 2 heterocycles. The minimum Gasteiger partial charge on any atom is -0.301 e. The molecule has 1 saturated carbocycles. The van der Waals surface area contributed by atoms with E-state index in [4.69, 9.17) is 0 Å². The first-order valence-electron chi connectivity index (χ1n) is 7.89. The van der Waals surface area contributed by atoms with Crippen molar-refractivity contribution in [2.24, 2.45) is 16.7 Å². The SMILES string of the molecule is CC1(C)C(CN2CCCN3CCCC3C2)C1(C)C. The minimum atomic E-state index is 0.550. The first-order chi connectivity index (χ1) is 8.43. The van der Waals surface area contributed by atoms with Crippen molar-refractivity contribution in [3.8, 4) is 0 Å². The Balaban J connectivity index is 1.60. The van der Waals surface area contributed by atoms with Crippen LogP contribution < -0.4 is 0 Å². The Morgan fingerprint density at radius 3 is 2.28 bits per heavy atom. The third-order valence-corrected chi connectivity index (χ3v) is 6.65. The molecule has 18 heavy (non-hydrogen) atoms. The maximum atomic E-state index is 2.77. The molecule has 3 rings (SSSR count). The van der Waals surface area contributed by atoms with E-state index in [1.807, 2.05) is 0 Å². The second-order valence-electron chi connectivity index (χ2n) is 7.94. The Kier molecular flexibility index (Phi) is 3.02. The summed E-state index contributed by atoms with van der Waals surface area (Å²) in [6.07, 6.45) is 4.25. The molecule has 0 aromatic rings. The lowest BCUT2D eigenvalue weighted by Crippen LogP contribution is -2.37. The maximum Gasteiger partial charge on any atom is 0.0223 e. The Morgan fingerprint density at radius 2 is 1.61 bits per heavy atom. The van der Waals surface area contributed by atoms with Crippen molar-refractivity contribution < 1.29 is 0 Å². The highest BCUT2D eigenvalue weighted by molar-refractivity contribution is 5.13. The molecule has 0 aromatic carbocycles. The van der Waals surface area contributed by atoms with Crippen LogP contribution in [0.1, 0.15) is 47.0 Å². The molecule has 3 aliphatic rings. The Labute approximate surface area is 113 Å². The van der Waals surface area contributed by atoms with Gasteiger partial charge in [-0.1, -0.05) is 27.7 Å². The van der Waals surface area contributed by atoms with E-state index in [2.05, 4.69) is 37.5 Å². The predicted molar refractivity (Wildman–Crippen MR) is 76.7 cm³/mol. The monoisotopic (exact) mass is 250 g/mol. The van der Waals surface area contributed by atoms with Gasteiger partial charge >= 0.3 is 0 Å². The van der Waals surface area contributed by atoms with E-state index >= 15 is 0 Å². The summed E-state index contributed by atoms with van der Waals surface area (Å²) in [4.78, 5) is 5.51. The summed E-state index contributed by atoms with van der Waals surface area (Å²) >= 11 is 0. The molecule has 1 atom stereocenters. The first-order valence-corrected chi connectivity index (χ1v) is 7.89. The topological polar surface area (TPSA) is 6.48 Å². The molecule has 0 spiro atoms. The van der Waals surface area contributed by atoms with E-state index in [-0.39, 0.29) is 0 Å². The molecular weight excluding hydrogens is 220 g/mol. The second-order valence-corrected chi connectivity index (χ2v) is 7.94. The van der Waals surface area contributed by atoms with E-state index in [0.29, 0.717) is 10.8 Å². The van der Waals surface area contributed by atoms with Gasteiger partial charge in [0.15, 0.2) is 0 Å². The zero-order chi connectivity index (χ0) is 13.0. The highest BCUT2D eigenvalue weighted by atomic mass is 15.3. The molecule has 1 unspecified atom stereocenters. The van der Waals surface area contributed by atoms with Gasteiger partial charge < -0.3 is 4.90 Å². The summed E-state index contributed by atoms with van der Waals surface area (Å²) in [6.45, 7) is 16.5. The summed E-state index contributed by atoms with van der Waals surface area (Å²) in [7, 11) is 0. The standard InChI is InChI=1S/C16H30N2/c1-15(2)14(16(15,3)4)12-17-8-6-10-18-9-5-7-13(18)11-17/h13-14H,5-12H2,1-4H3. The number of hydrogen-bond donors (Lipinski definition) is 0. The Bertz CT molecular complexity index is 307. The van der Waals surface area contributed by atoms with Crippen molar-refractivity contribution in [3.63, 3.8) is 0 Å². The predicted octanol–water partition coefficient (Wildman–Crippen LogP) is 2.84. The van der Waals surface area contributed by atoms with Gasteiger partial charge in [0.1, 0.15) is 0 Å². The number of hydrogen-bond acceptors (Lipinski definition) is 2. The number of fused-ring (bicyclic) bond motifs is 1. The van der Waals surface area contributed by atoms with Gasteiger partial charge in [0.2, 0.25) is 0 Å². The van der Waals surface area contributed by atoms with E-state index in [0.717, 1.165) is 12.0 Å². The van der Waals surface area contributed by atoms with Crippen molar-refractivity contribution >= 4 is 0 Å². The fourth-order valence-electron chi connectivity index (χ4n) is 4.50. The largest absolute Gasteiger partial charge is 0.301 e. The lowest BCUT2D eigenvalue weighted by molar-refractivity contribution is 0.207. The molecular formula is C16H30N2. The fourth-order valence-corrected chi connectivity index (χ4v) is 4.50. The molecule has 0 bridgehead atoms. The highest BCUT2D eigenvalue weighted by Gasteiger charge is 2.64. The number of rotatable bonds is 2. The lowest BCUT2D eigenvalue weighted by atomic mass is 10.0. The zero-order valence-electron chi connectivity index (χ0n) is 12.7. The van der Waals surface area contributed by atoms with Crippen LogP contribution in [0.5, 0.6) is 0 Å². The van der Waals surface area contributed by atoms with Crippen LogP contribution in [-0.2, 0) is 0 Å².